The molecule has 1 aliphatic rings. The van der Waals surface area contributed by atoms with E-state index in [1.165, 1.54) is 11.0 Å². The quantitative estimate of drug-likeness (QED) is 0.863. The molecule has 1 aromatic carbocycles. The van der Waals surface area contributed by atoms with Gasteiger partial charge >= 0.3 is 6.18 Å². The minimum Gasteiger partial charge on any atom is -0.350 e. The van der Waals surface area contributed by atoms with Crippen LogP contribution in [0.15, 0.2) is 18.2 Å². The Morgan fingerprint density at radius 2 is 1.96 bits per heavy atom. The first-order valence-corrected chi connectivity index (χ1v) is 8.95. The van der Waals surface area contributed by atoms with Gasteiger partial charge in [0.2, 0.25) is 0 Å². The zero-order valence-electron chi connectivity index (χ0n) is 16.0. The van der Waals surface area contributed by atoms with E-state index in [-0.39, 0.29) is 35.4 Å². The van der Waals surface area contributed by atoms with Gasteiger partial charge in [0, 0.05) is 12.6 Å². The molecule has 0 fully saturated rings. The molecule has 9 heteroatoms. The van der Waals surface area contributed by atoms with Gasteiger partial charge in [0.1, 0.15) is 11.6 Å². The van der Waals surface area contributed by atoms with Crippen LogP contribution in [0.2, 0.25) is 0 Å². The third-order valence-corrected chi connectivity index (χ3v) is 4.56. The van der Waals surface area contributed by atoms with Crippen molar-refractivity contribution in [2.75, 3.05) is 11.4 Å². The van der Waals surface area contributed by atoms with Gasteiger partial charge in [-0.15, -0.1) is 0 Å². The number of nitrogens with zero attached hydrogens (tertiary/aromatic N) is 3. The number of imidazole rings is 1. The van der Waals surface area contributed by atoms with E-state index in [1.807, 2.05) is 0 Å². The summed E-state index contributed by atoms with van der Waals surface area (Å²) in [7, 11) is 0. The third-order valence-electron chi connectivity index (χ3n) is 4.56. The minimum absolute atomic E-state index is 0.0210. The molecule has 28 heavy (non-hydrogen) atoms. The smallest absolute Gasteiger partial charge is 0.350 e. The Kier molecular flexibility index (Phi) is 4.95. The highest BCUT2D eigenvalue weighted by molar-refractivity contribution is 6.10. The maximum Gasteiger partial charge on any atom is 0.437 e. The van der Waals surface area contributed by atoms with Crippen LogP contribution in [0.4, 0.5) is 19.0 Å². The van der Waals surface area contributed by atoms with E-state index in [1.54, 1.807) is 39.8 Å². The number of fused-ring (bicyclic) bond motifs is 2. The number of aromatic nitrogens is 2. The molecule has 1 aromatic heterocycles. The molecule has 0 aliphatic carbocycles. The van der Waals surface area contributed by atoms with E-state index in [0.717, 1.165) is 4.57 Å². The third kappa shape index (κ3) is 3.25. The molecule has 0 radical (unpaired) electrons. The van der Waals surface area contributed by atoms with Crippen LogP contribution in [0.1, 0.15) is 58.6 Å². The Morgan fingerprint density at radius 1 is 1.29 bits per heavy atom. The van der Waals surface area contributed by atoms with Crippen LogP contribution in [0, 0.1) is 6.92 Å². The molecule has 6 nitrogen and oxygen atoms in total. The number of hydrogen-bond donors (Lipinski definition) is 1. The van der Waals surface area contributed by atoms with Gasteiger partial charge in [0.05, 0.1) is 17.7 Å². The molecule has 0 saturated carbocycles. The summed E-state index contributed by atoms with van der Waals surface area (Å²) >= 11 is 0. The maximum absolute atomic E-state index is 13.4. The molecule has 0 unspecified atom stereocenters. The lowest BCUT2D eigenvalue weighted by atomic mass is 10.00. The van der Waals surface area contributed by atoms with E-state index in [9.17, 15) is 22.8 Å². The van der Waals surface area contributed by atoms with Gasteiger partial charge in [-0.25, -0.2) is 9.55 Å². The topological polar surface area (TPSA) is 67.2 Å². The van der Waals surface area contributed by atoms with E-state index >= 15 is 0 Å². The lowest BCUT2D eigenvalue weighted by Gasteiger charge is -2.20. The monoisotopic (exact) mass is 394 g/mol. The van der Waals surface area contributed by atoms with E-state index in [4.69, 9.17) is 0 Å². The summed E-state index contributed by atoms with van der Waals surface area (Å²) < 4.78 is 41.2. The summed E-state index contributed by atoms with van der Waals surface area (Å²) in [6, 6.07) is 4.62. The summed E-state index contributed by atoms with van der Waals surface area (Å²) in [5, 5.41) is 2.72. The molecule has 0 saturated heterocycles. The SMILES string of the molecule is CCN1Cc2nc(C(F)(F)F)c1n2C(=O)c1c(C)cccc1C(=O)NC(C)C. The number of alkyl halides is 3. The number of benzene rings is 1. The van der Waals surface area contributed by atoms with Crippen molar-refractivity contribution in [3.63, 3.8) is 0 Å². The molecule has 1 N–H and O–H groups in total. The summed E-state index contributed by atoms with van der Waals surface area (Å²) in [4.78, 5) is 31.0. The molecule has 0 spiro atoms. The molecule has 2 aromatic rings. The number of rotatable bonds is 4. The molecular formula is C19H21F3N4O2. The average molecular weight is 394 g/mol. The van der Waals surface area contributed by atoms with Crippen molar-refractivity contribution in [3.8, 4) is 0 Å². The molecule has 150 valence electrons. The van der Waals surface area contributed by atoms with Crippen LogP contribution in [-0.2, 0) is 12.7 Å². The van der Waals surface area contributed by atoms with Crippen molar-refractivity contribution in [3.05, 3.63) is 46.4 Å². The summed E-state index contributed by atoms with van der Waals surface area (Å²) in [5.74, 6) is -1.38. The Morgan fingerprint density at radius 3 is 2.54 bits per heavy atom. The van der Waals surface area contributed by atoms with Crippen LogP contribution in [-0.4, -0.2) is 34.0 Å². The zero-order chi connectivity index (χ0) is 20.8. The number of amides is 1. The average Bonchev–Trinajstić information content (AvgIpc) is 3.15. The molecule has 0 atom stereocenters. The van der Waals surface area contributed by atoms with Crippen molar-refractivity contribution < 1.29 is 22.8 Å². The van der Waals surface area contributed by atoms with Crippen LogP contribution in [0.3, 0.4) is 0 Å². The number of anilines is 1. The first-order chi connectivity index (χ1) is 13.1. The first kappa shape index (κ1) is 19.9. The largest absolute Gasteiger partial charge is 0.437 e. The van der Waals surface area contributed by atoms with Gasteiger partial charge in [-0.1, -0.05) is 12.1 Å². The van der Waals surface area contributed by atoms with Crippen LogP contribution < -0.4 is 10.2 Å². The van der Waals surface area contributed by atoms with Gasteiger partial charge in [0.25, 0.3) is 11.8 Å². The number of carbonyl (C=O) groups excluding carboxylic acids is 2. The highest BCUT2D eigenvalue weighted by Gasteiger charge is 2.45. The van der Waals surface area contributed by atoms with E-state index < -0.39 is 23.7 Å². The predicted molar refractivity (Wildman–Crippen MR) is 97.5 cm³/mol. The van der Waals surface area contributed by atoms with Crippen LogP contribution in [0.25, 0.3) is 0 Å². The lowest BCUT2D eigenvalue weighted by Crippen LogP contribution is -2.32. The first-order valence-electron chi connectivity index (χ1n) is 8.95. The Hall–Kier alpha value is -2.84. The van der Waals surface area contributed by atoms with Crippen molar-refractivity contribution >= 4 is 17.6 Å². The zero-order valence-corrected chi connectivity index (χ0v) is 16.0. The van der Waals surface area contributed by atoms with Gasteiger partial charge in [-0.2, -0.15) is 13.2 Å². The highest BCUT2D eigenvalue weighted by atomic mass is 19.4. The van der Waals surface area contributed by atoms with Crippen LogP contribution in [0.5, 0.6) is 0 Å². The van der Waals surface area contributed by atoms with Crippen molar-refractivity contribution in [1.29, 1.82) is 0 Å². The minimum atomic E-state index is -4.67. The van der Waals surface area contributed by atoms with Crippen LogP contribution >= 0.6 is 0 Å². The predicted octanol–water partition coefficient (Wildman–Crippen LogP) is 3.38. The normalized spacial score (nSPS) is 13.4. The molecule has 2 heterocycles. The second kappa shape index (κ2) is 6.96. The molecular weight excluding hydrogens is 373 g/mol. The summed E-state index contributed by atoms with van der Waals surface area (Å²) in [6.45, 7) is 7.34. The van der Waals surface area contributed by atoms with Gasteiger partial charge in [0.15, 0.2) is 5.69 Å². The van der Waals surface area contributed by atoms with Gasteiger partial charge in [-0.05, 0) is 39.3 Å². The number of hydrogen-bond acceptors (Lipinski definition) is 4. The van der Waals surface area contributed by atoms with Crippen molar-refractivity contribution in [1.82, 2.24) is 14.9 Å². The van der Waals surface area contributed by atoms with Gasteiger partial charge in [-0.3, -0.25) is 9.59 Å². The molecule has 1 amide bonds. The molecule has 3 rings (SSSR count). The molecule has 2 bridgehead atoms. The Labute approximate surface area is 160 Å². The van der Waals surface area contributed by atoms with Crippen molar-refractivity contribution in [2.24, 2.45) is 0 Å². The maximum atomic E-state index is 13.4. The fourth-order valence-electron chi connectivity index (χ4n) is 3.36. The van der Waals surface area contributed by atoms with E-state index in [0.29, 0.717) is 12.1 Å². The Balaban J connectivity index is 2.16. The number of carbonyl (C=O) groups is 2. The van der Waals surface area contributed by atoms with E-state index in [2.05, 4.69) is 10.3 Å². The summed E-state index contributed by atoms with van der Waals surface area (Å²) in [6.07, 6.45) is -4.67. The Bertz CT molecular complexity index is 947. The highest BCUT2D eigenvalue weighted by Crippen LogP contribution is 2.41. The van der Waals surface area contributed by atoms with Crippen molar-refractivity contribution in [2.45, 2.75) is 46.5 Å². The number of halogens is 3. The van der Waals surface area contributed by atoms with Gasteiger partial charge < -0.3 is 10.2 Å². The fourth-order valence-corrected chi connectivity index (χ4v) is 3.36. The number of nitrogens with one attached hydrogen (secondary N) is 1. The lowest BCUT2D eigenvalue weighted by molar-refractivity contribution is -0.140. The second-order valence-corrected chi connectivity index (χ2v) is 6.98. The standard InChI is InChI=1S/C19H21F3N4O2/c1-5-25-9-13-24-15(19(20,21)22)17(25)26(13)18(28)14-11(4)7-6-8-12(14)16(27)23-10(2)3/h6-8,10H,5,9H2,1-4H3,(H,23,27). The number of aryl methyl sites for hydroxylation is 1. The second-order valence-electron chi connectivity index (χ2n) is 6.98. The summed E-state index contributed by atoms with van der Waals surface area (Å²) in [5.41, 5.74) is -0.369. The fraction of sp³-hybridized carbons (Fsp3) is 0.421. The molecule has 1 aliphatic heterocycles.